The van der Waals surface area contributed by atoms with Crippen LogP contribution in [-0.2, 0) is 9.47 Å². The van der Waals surface area contributed by atoms with E-state index in [1.165, 1.54) is 5.56 Å². The average Bonchev–Trinajstić information content (AvgIpc) is 2.40. The summed E-state index contributed by atoms with van der Waals surface area (Å²) in [5.74, 6) is 0.289. The molecule has 1 heterocycles. The fraction of sp³-hybridized carbons (Fsp3) is 0.600. The molecule has 0 radical (unpaired) electrons. The van der Waals surface area contributed by atoms with Gasteiger partial charge in [0.25, 0.3) is 0 Å². The fourth-order valence-electron chi connectivity index (χ4n) is 2.06. The third-order valence-electron chi connectivity index (χ3n) is 3.78. The molecule has 0 aliphatic carbocycles. The van der Waals surface area contributed by atoms with Crippen LogP contribution in [-0.4, -0.2) is 19.5 Å². The molecule has 1 saturated heterocycles. The van der Waals surface area contributed by atoms with Gasteiger partial charge in [0.15, 0.2) is 6.29 Å². The number of hydrogen-bond acceptors (Lipinski definition) is 2. The molecule has 0 bridgehead atoms. The third kappa shape index (κ3) is 2.88. The summed E-state index contributed by atoms with van der Waals surface area (Å²) in [5.41, 5.74) is 1.46. The van der Waals surface area contributed by atoms with Gasteiger partial charge in [0.05, 0.1) is 13.2 Å². The molecule has 0 N–H and O–H groups in total. The average molecular weight is 234 g/mol. The molecule has 0 amide bonds. The second-order valence-electron chi connectivity index (χ2n) is 5.35. The van der Waals surface area contributed by atoms with Crippen LogP contribution < -0.4 is 0 Å². The van der Waals surface area contributed by atoms with E-state index in [-0.39, 0.29) is 17.6 Å². The third-order valence-corrected chi connectivity index (χ3v) is 3.78. The molecule has 94 valence electrons. The highest BCUT2D eigenvalue weighted by Gasteiger charge is 2.33. The van der Waals surface area contributed by atoms with Gasteiger partial charge in [0, 0.05) is 11.3 Å². The smallest absolute Gasteiger partial charge is 0.164 e. The highest BCUT2D eigenvalue weighted by molar-refractivity contribution is 5.19. The van der Waals surface area contributed by atoms with E-state index in [2.05, 4.69) is 45.0 Å². The van der Waals surface area contributed by atoms with Crippen LogP contribution in [0.1, 0.15) is 38.7 Å². The Morgan fingerprint density at radius 1 is 1.24 bits per heavy atom. The van der Waals surface area contributed by atoms with Crippen LogP contribution in [0, 0.1) is 5.41 Å². The Morgan fingerprint density at radius 3 is 2.35 bits per heavy atom. The van der Waals surface area contributed by atoms with E-state index in [1.54, 1.807) is 0 Å². The number of hydrogen-bond donors (Lipinski definition) is 0. The Morgan fingerprint density at radius 2 is 1.82 bits per heavy atom. The van der Waals surface area contributed by atoms with Gasteiger partial charge >= 0.3 is 0 Å². The van der Waals surface area contributed by atoms with Crippen molar-refractivity contribution in [2.75, 3.05) is 13.2 Å². The summed E-state index contributed by atoms with van der Waals surface area (Å²) in [7, 11) is 0. The summed E-state index contributed by atoms with van der Waals surface area (Å²) in [6.07, 6.45) is 0.997. The highest BCUT2D eigenvalue weighted by Crippen LogP contribution is 2.32. The highest BCUT2D eigenvalue weighted by atomic mass is 16.7. The van der Waals surface area contributed by atoms with Crippen molar-refractivity contribution < 1.29 is 9.47 Å². The van der Waals surface area contributed by atoms with E-state index >= 15 is 0 Å². The molecule has 1 aliphatic heterocycles. The maximum Gasteiger partial charge on any atom is 0.164 e. The zero-order chi connectivity index (χ0) is 12.3. The first-order chi connectivity index (χ1) is 8.14. The molecule has 1 aromatic rings. The SMILES string of the molecule is CCC1(C)COC(C(C)c2ccccc2)OC1. The van der Waals surface area contributed by atoms with Crippen molar-refractivity contribution in [3.63, 3.8) is 0 Å². The lowest BCUT2D eigenvalue weighted by Gasteiger charge is -2.38. The fourth-order valence-corrected chi connectivity index (χ4v) is 2.06. The molecular formula is C15H22O2. The quantitative estimate of drug-likeness (QED) is 0.796. The Kier molecular flexibility index (Phi) is 3.85. The first-order valence-corrected chi connectivity index (χ1v) is 6.43. The monoisotopic (exact) mass is 234 g/mol. The molecule has 2 nitrogen and oxygen atoms in total. The Labute approximate surface area is 104 Å². The van der Waals surface area contributed by atoms with Crippen LogP contribution in [0.5, 0.6) is 0 Å². The maximum absolute atomic E-state index is 5.88. The predicted octanol–water partition coefficient (Wildman–Crippen LogP) is 3.58. The molecule has 1 fully saturated rings. The van der Waals surface area contributed by atoms with E-state index in [1.807, 2.05) is 6.07 Å². The van der Waals surface area contributed by atoms with Crippen molar-refractivity contribution in [2.24, 2.45) is 5.41 Å². The second kappa shape index (κ2) is 5.19. The minimum atomic E-state index is -0.1000. The van der Waals surface area contributed by atoms with Crippen LogP contribution in [0.3, 0.4) is 0 Å². The van der Waals surface area contributed by atoms with Gasteiger partial charge in [-0.25, -0.2) is 0 Å². The molecule has 1 unspecified atom stereocenters. The lowest BCUT2D eigenvalue weighted by atomic mass is 9.88. The summed E-state index contributed by atoms with van der Waals surface area (Å²) >= 11 is 0. The number of benzene rings is 1. The van der Waals surface area contributed by atoms with E-state index in [0.29, 0.717) is 0 Å². The molecule has 17 heavy (non-hydrogen) atoms. The van der Waals surface area contributed by atoms with Crippen molar-refractivity contribution in [3.05, 3.63) is 35.9 Å². The molecule has 1 aromatic carbocycles. The van der Waals surface area contributed by atoms with Gasteiger partial charge < -0.3 is 9.47 Å². The number of rotatable bonds is 3. The van der Waals surface area contributed by atoms with Crippen molar-refractivity contribution in [1.82, 2.24) is 0 Å². The zero-order valence-electron chi connectivity index (χ0n) is 11.0. The van der Waals surface area contributed by atoms with Gasteiger partial charge in [-0.1, -0.05) is 51.1 Å². The van der Waals surface area contributed by atoms with Crippen LogP contribution in [0.2, 0.25) is 0 Å². The largest absolute Gasteiger partial charge is 0.351 e. The topological polar surface area (TPSA) is 18.5 Å². The van der Waals surface area contributed by atoms with Gasteiger partial charge in [-0.05, 0) is 12.0 Å². The van der Waals surface area contributed by atoms with Crippen LogP contribution in [0.4, 0.5) is 0 Å². The molecule has 1 aliphatic rings. The van der Waals surface area contributed by atoms with Crippen LogP contribution in [0.25, 0.3) is 0 Å². The summed E-state index contributed by atoms with van der Waals surface area (Å²) in [5, 5.41) is 0. The minimum absolute atomic E-state index is 0.1000. The molecule has 0 aromatic heterocycles. The Hall–Kier alpha value is -0.860. The first kappa shape index (κ1) is 12.6. The second-order valence-corrected chi connectivity index (χ2v) is 5.35. The molecule has 2 rings (SSSR count). The lowest BCUT2D eigenvalue weighted by molar-refractivity contribution is -0.233. The van der Waals surface area contributed by atoms with E-state index in [4.69, 9.17) is 9.47 Å². The summed E-state index contributed by atoms with van der Waals surface area (Å²) in [6.45, 7) is 8.16. The normalized spacial score (nSPS) is 31.1. The van der Waals surface area contributed by atoms with E-state index in [9.17, 15) is 0 Å². The first-order valence-electron chi connectivity index (χ1n) is 6.43. The maximum atomic E-state index is 5.88. The van der Waals surface area contributed by atoms with Crippen LogP contribution >= 0.6 is 0 Å². The van der Waals surface area contributed by atoms with Gasteiger partial charge in [-0.3, -0.25) is 0 Å². The molecular weight excluding hydrogens is 212 g/mol. The Bertz CT molecular complexity index is 339. The van der Waals surface area contributed by atoms with Gasteiger partial charge in [0.2, 0.25) is 0 Å². The van der Waals surface area contributed by atoms with Crippen LogP contribution in [0.15, 0.2) is 30.3 Å². The minimum Gasteiger partial charge on any atom is -0.351 e. The predicted molar refractivity (Wildman–Crippen MR) is 68.9 cm³/mol. The van der Waals surface area contributed by atoms with Crippen molar-refractivity contribution in [2.45, 2.75) is 39.4 Å². The molecule has 0 saturated carbocycles. The van der Waals surface area contributed by atoms with E-state index < -0.39 is 0 Å². The molecule has 1 atom stereocenters. The zero-order valence-corrected chi connectivity index (χ0v) is 11.0. The van der Waals surface area contributed by atoms with Crippen molar-refractivity contribution >= 4 is 0 Å². The van der Waals surface area contributed by atoms with E-state index in [0.717, 1.165) is 19.6 Å². The standard InChI is InChI=1S/C15H22O2/c1-4-15(3)10-16-14(17-11-15)12(2)13-8-6-5-7-9-13/h5-9,12,14H,4,10-11H2,1-3H3. The lowest BCUT2D eigenvalue weighted by Crippen LogP contribution is -2.41. The molecule has 0 spiro atoms. The van der Waals surface area contributed by atoms with Gasteiger partial charge in [-0.2, -0.15) is 0 Å². The summed E-state index contributed by atoms with van der Waals surface area (Å²) in [4.78, 5) is 0. The van der Waals surface area contributed by atoms with Gasteiger partial charge in [-0.15, -0.1) is 0 Å². The number of ether oxygens (including phenoxy) is 2. The summed E-state index contributed by atoms with van der Waals surface area (Å²) in [6, 6.07) is 10.4. The summed E-state index contributed by atoms with van der Waals surface area (Å²) < 4.78 is 11.8. The van der Waals surface area contributed by atoms with Crippen molar-refractivity contribution in [1.29, 1.82) is 0 Å². The Balaban J connectivity index is 1.97. The van der Waals surface area contributed by atoms with Gasteiger partial charge in [0.1, 0.15) is 0 Å². The van der Waals surface area contributed by atoms with Crippen molar-refractivity contribution in [3.8, 4) is 0 Å². The molecule has 2 heteroatoms.